The number of nitrogens with zero attached hydrogens (tertiary/aromatic N) is 1. The average molecular weight is 1090 g/mol. The zero-order chi connectivity index (χ0) is 54.4. The molecule has 18 heteroatoms. The smallest absolute Gasteiger partial charge is 0.464 e. The van der Waals surface area contributed by atoms with Gasteiger partial charge in [0.25, 0.3) is 0 Å². The number of rotatable bonds is 14. The van der Waals surface area contributed by atoms with Crippen molar-refractivity contribution in [3.8, 4) is 0 Å². The van der Waals surface area contributed by atoms with E-state index in [1.54, 1.807) is 17.4 Å². The van der Waals surface area contributed by atoms with Crippen molar-refractivity contribution in [3.05, 3.63) is 97.5 Å². The van der Waals surface area contributed by atoms with Gasteiger partial charge in [0.15, 0.2) is 0 Å². The van der Waals surface area contributed by atoms with Crippen molar-refractivity contribution in [2.45, 2.75) is 167 Å². The van der Waals surface area contributed by atoms with E-state index in [1.165, 1.54) is 44.6 Å². The van der Waals surface area contributed by atoms with Gasteiger partial charge in [0.2, 0.25) is 11.1 Å². The van der Waals surface area contributed by atoms with Crippen LogP contribution in [-0.4, -0.2) is 103 Å². The summed E-state index contributed by atoms with van der Waals surface area (Å²) in [5.74, 6) is 2.05. The molecular formula is C60H82B2ClN5O10. The maximum absolute atomic E-state index is 13.2. The lowest BCUT2D eigenvalue weighted by atomic mass is 9.43. The predicted molar refractivity (Wildman–Crippen MR) is 305 cm³/mol. The van der Waals surface area contributed by atoms with Gasteiger partial charge in [-0.05, 0) is 165 Å². The van der Waals surface area contributed by atoms with Gasteiger partial charge in [-0.25, -0.2) is 9.59 Å². The molecule has 15 nitrogen and oxygen atoms in total. The molecule has 11 atom stereocenters. The highest BCUT2D eigenvalue weighted by molar-refractivity contribution is 6.66. The molecule has 10 fully saturated rings. The second kappa shape index (κ2) is 23.2. The first-order chi connectivity index (χ1) is 36.8. The second-order valence-corrected chi connectivity index (χ2v) is 25.1. The minimum absolute atomic E-state index is 0. The molecule has 420 valence electrons. The fourth-order valence-corrected chi connectivity index (χ4v) is 15.0. The number of halogens is 1. The summed E-state index contributed by atoms with van der Waals surface area (Å²) in [6.45, 7) is 22.3. The topological polar surface area (TPSA) is 183 Å². The van der Waals surface area contributed by atoms with Gasteiger partial charge in [-0.1, -0.05) is 97.5 Å². The number of carbonyl (C=O) groups is 4. The lowest BCUT2D eigenvalue weighted by Crippen LogP contribution is -2.65. The molecule has 4 aromatic rings. The molecule has 2 aromatic carbocycles. The molecule has 3 aliphatic heterocycles. The number of para-hydroxylation sites is 2. The summed E-state index contributed by atoms with van der Waals surface area (Å²) in [5, 5.41) is 14.1. The fraction of sp³-hybridized carbons (Fsp3) is 0.600. The lowest BCUT2D eigenvalue weighted by Gasteiger charge is -2.64. The van der Waals surface area contributed by atoms with Gasteiger partial charge in [0.05, 0.1) is 47.8 Å². The number of benzene rings is 2. The first-order valence-corrected chi connectivity index (χ1v) is 28.6. The van der Waals surface area contributed by atoms with E-state index in [1.807, 2.05) is 42.5 Å². The maximum atomic E-state index is 13.2. The van der Waals surface area contributed by atoms with E-state index in [-0.39, 0.29) is 71.6 Å². The summed E-state index contributed by atoms with van der Waals surface area (Å²) in [6.07, 6.45) is 18.3. The van der Waals surface area contributed by atoms with Gasteiger partial charge in [-0.15, -0.1) is 0 Å². The van der Waals surface area contributed by atoms with E-state index < -0.39 is 25.4 Å². The third-order valence-corrected chi connectivity index (χ3v) is 19.9. The minimum atomic E-state index is -0.565. The zero-order valence-corrected chi connectivity index (χ0v) is 46.5. The Bertz CT molecular complexity index is 2830. The van der Waals surface area contributed by atoms with Crippen LogP contribution in [0, 0.1) is 40.4 Å². The Hall–Kier alpha value is -5.06. The molecule has 0 radical (unpaired) electrons. The number of amides is 5. The first-order valence-electron chi connectivity index (χ1n) is 28.2. The molecular weight excluding hydrogens is 1010 g/mol. The molecule has 0 spiro atoms. The number of allylic oxidation sites excluding steroid dienone is 1. The van der Waals surface area contributed by atoms with Crippen LogP contribution in [-0.2, 0) is 41.0 Å². The molecule has 5 amide bonds. The van der Waals surface area contributed by atoms with Crippen molar-refractivity contribution >= 4 is 71.0 Å². The van der Waals surface area contributed by atoms with Gasteiger partial charge < -0.3 is 53.6 Å². The third-order valence-electron chi connectivity index (χ3n) is 19.7. The Morgan fingerprint density at radius 2 is 1.14 bits per heavy atom. The Kier molecular flexibility index (Phi) is 17.1. The van der Waals surface area contributed by atoms with Crippen LogP contribution in [0.3, 0.4) is 0 Å². The molecule has 5 heterocycles. The van der Waals surface area contributed by atoms with Gasteiger partial charge in [0, 0.05) is 36.4 Å². The highest BCUT2D eigenvalue weighted by Crippen LogP contribution is 2.67. The number of likely N-dealkylation sites (tertiary alicyclic amines) is 1. The SMILES string of the molecule is C.C=CC(=O)Cl.C=CC(=O)N1CCC[C@@H]1CNC(=O)N[C@@H](Cc1coc2ccccc12)B1O[C@@H]2C[C@@H]3C[C@@H](C3(C)C)[C@]2(C)O1.CC1(C)[C@@H]2C[C@H]3OB([C@H](Cc4coc5ccccc45)NC(=O)NCC4CCCC4)O[C@@]3(C)[C@H]1C2. The number of nitrogens with one attached hydrogen (secondary N) is 4. The second-order valence-electron chi connectivity index (χ2n) is 24.7. The van der Waals surface area contributed by atoms with Gasteiger partial charge in [-0.2, -0.15) is 0 Å². The molecule has 10 aliphatic rings. The Morgan fingerprint density at radius 1 is 0.679 bits per heavy atom. The molecule has 78 heavy (non-hydrogen) atoms. The quantitative estimate of drug-likeness (QED) is 0.0539. The van der Waals surface area contributed by atoms with Crippen LogP contribution in [0.2, 0.25) is 0 Å². The summed E-state index contributed by atoms with van der Waals surface area (Å²) >= 11 is 4.71. The highest BCUT2D eigenvalue weighted by Gasteiger charge is 2.70. The van der Waals surface area contributed by atoms with Crippen molar-refractivity contribution in [1.82, 2.24) is 26.2 Å². The molecule has 7 aliphatic carbocycles. The van der Waals surface area contributed by atoms with E-state index in [2.05, 4.69) is 82.0 Å². The number of hydrogen-bond donors (Lipinski definition) is 4. The van der Waals surface area contributed by atoms with Crippen LogP contribution >= 0.6 is 11.6 Å². The number of urea groups is 2. The molecule has 3 saturated heterocycles. The van der Waals surface area contributed by atoms with Gasteiger partial charge in [-0.3, -0.25) is 9.59 Å². The summed E-state index contributed by atoms with van der Waals surface area (Å²) in [5.41, 5.74) is 3.59. The van der Waals surface area contributed by atoms with E-state index in [0.29, 0.717) is 55.5 Å². The summed E-state index contributed by atoms with van der Waals surface area (Å²) in [4.78, 5) is 49.6. The zero-order valence-electron chi connectivity index (χ0n) is 45.8. The lowest BCUT2D eigenvalue weighted by molar-refractivity contribution is -0.199. The van der Waals surface area contributed by atoms with Crippen molar-refractivity contribution < 1.29 is 46.6 Å². The van der Waals surface area contributed by atoms with Crippen LogP contribution in [0.25, 0.3) is 21.9 Å². The molecule has 7 saturated carbocycles. The predicted octanol–water partition coefficient (Wildman–Crippen LogP) is 10.8. The molecule has 0 unspecified atom stereocenters. The van der Waals surface area contributed by atoms with Crippen LogP contribution in [0.4, 0.5) is 9.59 Å². The Balaban J connectivity index is 0.000000173. The largest absolute Gasteiger partial charge is 0.482 e. The maximum Gasteiger partial charge on any atom is 0.482 e. The Labute approximate surface area is 466 Å². The fourth-order valence-electron chi connectivity index (χ4n) is 15.0. The minimum Gasteiger partial charge on any atom is -0.464 e. The number of hydrogen-bond acceptors (Lipinski definition) is 10. The van der Waals surface area contributed by atoms with E-state index in [0.717, 1.165) is 71.4 Å². The monoisotopic (exact) mass is 1090 g/mol. The molecule has 2 aromatic heterocycles. The first kappa shape index (κ1) is 57.6. The summed E-state index contributed by atoms with van der Waals surface area (Å²) in [6, 6.07) is 15.5. The Morgan fingerprint density at radius 3 is 1.59 bits per heavy atom. The van der Waals surface area contributed by atoms with Crippen LogP contribution in [0.1, 0.15) is 124 Å². The molecule has 14 rings (SSSR count). The van der Waals surface area contributed by atoms with E-state index in [4.69, 9.17) is 39.1 Å². The molecule has 4 bridgehead atoms. The van der Waals surface area contributed by atoms with Crippen LogP contribution in [0.15, 0.2) is 95.2 Å². The van der Waals surface area contributed by atoms with Gasteiger partial charge in [0.1, 0.15) is 11.2 Å². The number of furan rings is 2. The number of fused-ring (bicyclic) bond motifs is 2. The highest BCUT2D eigenvalue weighted by atomic mass is 35.5. The van der Waals surface area contributed by atoms with Crippen molar-refractivity contribution in [2.75, 3.05) is 19.6 Å². The van der Waals surface area contributed by atoms with E-state index in [9.17, 15) is 19.2 Å². The standard InChI is InChI=1S/C29H38BN3O5.C27H37BN2O4.C3H3ClO.CH4/c1-5-26(34)33-12-8-9-20(33)16-31-27(35)32-25(13-18-17-36-22-11-7-6-10-21(18)22)30-37-24-15-19-14-23(28(19,2)3)29(24,4)38-30;1-26(2)19-13-22(26)27(3)23(14-19)33-28(34-27)24(30-25(31)29-15-17-8-4-5-9-17)12-18-16-32-21-11-7-6-10-20(18)21;1-2-3(4)5;/h5-7,10-11,17,19-20,23-25H,1,8-9,12-16H2,2-4H3,(H2,31,32,35);6-7,10-11,16-17,19,22-24H,4-5,8-9,12-15H2,1-3H3,(H2,29,30,31);2H,1H2;1H4/t19-,20+,23-,24+,25-,29-;19-,22-,23+,24-,27-;;/m00../s1. The normalized spacial score (nSPS) is 30.3. The van der Waals surface area contributed by atoms with Crippen molar-refractivity contribution in [1.29, 1.82) is 0 Å². The van der Waals surface area contributed by atoms with Crippen molar-refractivity contribution in [3.63, 3.8) is 0 Å². The van der Waals surface area contributed by atoms with Crippen LogP contribution in [0.5, 0.6) is 0 Å². The summed E-state index contributed by atoms with van der Waals surface area (Å²) < 4.78 is 38.2. The number of carbonyl (C=O) groups excluding carboxylic acids is 4. The van der Waals surface area contributed by atoms with E-state index >= 15 is 0 Å². The summed E-state index contributed by atoms with van der Waals surface area (Å²) in [7, 11) is -1.04. The molecule has 4 N–H and O–H groups in total. The van der Waals surface area contributed by atoms with Gasteiger partial charge >= 0.3 is 26.3 Å². The average Bonchev–Trinajstić information content (AvgIpc) is 4.46. The van der Waals surface area contributed by atoms with Crippen LogP contribution < -0.4 is 21.3 Å². The third kappa shape index (κ3) is 11.2. The van der Waals surface area contributed by atoms with Crippen molar-refractivity contribution in [2.24, 2.45) is 40.4 Å².